The summed E-state index contributed by atoms with van der Waals surface area (Å²) in [5.74, 6) is -0.0430. The number of nitrogens with zero attached hydrogens (tertiary/aromatic N) is 2. The zero-order valence-electron chi connectivity index (χ0n) is 9.42. The van der Waals surface area contributed by atoms with Gasteiger partial charge in [-0.25, -0.2) is 0 Å². The number of rotatable bonds is 6. The molecule has 0 aliphatic rings. The van der Waals surface area contributed by atoms with Crippen molar-refractivity contribution in [2.45, 2.75) is 52.5 Å². The fourth-order valence-electron chi connectivity index (χ4n) is 1.37. The molecule has 0 fully saturated rings. The second kappa shape index (κ2) is 7.37. The van der Waals surface area contributed by atoms with Gasteiger partial charge < -0.3 is 4.90 Å². The summed E-state index contributed by atoms with van der Waals surface area (Å²) in [5, 5.41) is 8.44. The molecule has 0 saturated heterocycles. The Morgan fingerprint density at radius 2 is 2.07 bits per heavy atom. The summed E-state index contributed by atoms with van der Waals surface area (Å²) < 4.78 is 0. The van der Waals surface area contributed by atoms with Gasteiger partial charge in [-0.3, -0.25) is 4.79 Å². The summed E-state index contributed by atoms with van der Waals surface area (Å²) in [6.07, 6.45) is 3.33. The Kier molecular flexibility index (Phi) is 6.82. The second-order valence-corrected chi connectivity index (χ2v) is 3.72. The van der Waals surface area contributed by atoms with E-state index in [0.717, 1.165) is 25.8 Å². The molecule has 0 aromatic rings. The van der Waals surface area contributed by atoms with E-state index in [9.17, 15) is 4.79 Å². The lowest BCUT2D eigenvalue weighted by atomic mass is 10.2. The smallest absolute Gasteiger partial charge is 0.237 e. The van der Waals surface area contributed by atoms with Crippen LogP contribution in [0.1, 0.15) is 46.5 Å². The molecule has 0 saturated carbocycles. The molecule has 0 N–H and O–H groups in total. The molecule has 0 spiro atoms. The SMILES string of the molecule is CCCCCN(C(=O)CC#N)C(C)C. The average Bonchev–Trinajstić information content (AvgIpc) is 2.12. The van der Waals surface area contributed by atoms with E-state index >= 15 is 0 Å². The molecule has 0 atom stereocenters. The first kappa shape index (κ1) is 13.0. The number of carbonyl (C=O) groups excluding carboxylic acids is 1. The molecule has 3 nitrogen and oxygen atoms in total. The minimum absolute atomic E-state index is 0.00427. The van der Waals surface area contributed by atoms with Crippen molar-refractivity contribution >= 4 is 5.91 Å². The Bertz CT molecular complexity index is 206. The Hall–Kier alpha value is -1.04. The topological polar surface area (TPSA) is 44.1 Å². The normalized spacial score (nSPS) is 9.93. The van der Waals surface area contributed by atoms with E-state index in [-0.39, 0.29) is 18.4 Å². The molecule has 0 aliphatic heterocycles. The standard InChI is InChI=1S/C11H20N2O/c1-4-5-6-9-13(10(2)3)11(14)7-8-12/h10H,4-7,9H2,1-3H3. The highest BCUT2D eigenvalue weighted by atomic mass is 16.2. The van der Waals surface area contributed by atoms with Crippen LogP contribution in [-0.4, -0.2) is 23.4 Å². The van der Waals surface area contributed by atoms with Crippen LogP contribution in [0.5, 0.6) is 0 Å². The summed E-state index contributed by atoms with van der Waals surface area (Å²) in [6, 6.07) is 2.10. The summed E-state index contributed by atoms with van der Waals surface area (Å²) in [6.45, 7) is 6.89. The molecule has 0 bridgehead atoms. The molecule has 0 aromatic carbocycles. The first-order chi connectivity index (χ1) is 6.63. The van der Waals surface area contributed by atoms with E-state index in [2.05, 4.69) is 6.92 Å². The van der Waals surface area contributed by atoms with Gasteiger partial charge in [-0.15, -0.1) is 0 Å². The number of hydrogen-bond acceptors (Lipinski definition) is 2. The van der Waals surface area contributed by atoms with E-state index in [1.807, 2.05) is 19.9 Å². The van der Waals surface area contributed by atoms with Crippen LogP contribution in [0.15, 0.2) is 0 Å². The highest BCUT2D eigenvalue weighted by molar-refractivity contribution is 5.78. The van der Waals surface area contributed by atoms with Crippen molar-refractivity contribution in [2.24, 2.45) is 0 Å². The molecule has 0 rings (SSSR count). The van der Waals surface area contributed by atoms with Crippen molar-refractivity contribution in [1.29, 1.82) is 5.26 Å². The van der Waals surface area contributed by atoms with Gasteiger partial charge >= 0.3 is 0 Å². The van der Waals surface area contributed by atoms with E-state index < -0.39 is 0 Å². The van der Waals surface area contributed by atoms with Crippen LogP contribution >= 0.6 is 0 Å². The van der Waals surface area contributed by atoms with Gasteiger partial charge in [0.05, 0.1) is 6.07 Å². The molecule has 0 aliphatic carbocycles. The van der Waals surface area contributed by atoms with Crippen molar-refractivity contribution in [1.82, 2.24) is 4.90 Å². The predicted octanol–water partition coefficient (Wildman–Crippen LogP) is 2.33. The Morgan fingerprint density at radius 3 is 2.50 bits per heavy atom. The number of amides is 1. The van der Waals surface area contributed by atoms with Crippen molar-refractivity contribution in [2.75, 3.05) is 6.54 Å². The molecule has 0 unspecified atom stereocenters. The van der Waals surface area contributed by atoms with Crippen LogP contribution in [-0.2, 0) is 4.79 Å². The summed E-state index contributed by atoms with van der Waals surface area (Å²) in [5.41, 5.74) is 0. The highest BCUT2D eigenvalue weighted by Gasteiger charge is 2.15. The van der Waals surface area contributed by atoms with E-state index in [1.165, 1.54) is 0 Å². The van der Waals surface area contributed by atoms with Crippen LogP contribution in [0.3, 0.4) is 0 Å². The van der Waals surface area contributed by atoms with Crippen molar-refractivity contribution in [3.8, 4) is 6.07 Å². The molecule has 0 heterocycles. The van der Waals surface area contributed by atoms with Crippen molar-refractivity contribution in [3.05, 3.63) is 0 Å². The van der Waals surface area contributed by atoms with Crippen LogP contribution in [0.25, 0.3) is 0 Å². The second-order valence-electron chi connectivity index (χ2n) is 3.72. The first-order valence-corrected chi connectivity index (χ1v) is 5.29. The summed E-state index contributed by atoms with van der Waals surface area (Å²) in [4.78, 5) is 13.3. The Labute approximate surface area is 86.7 Å². The fourth-order valence-corrected chi connectivity index (χ4v) is 1.37. The first-order valence-electron chi connectivity index (χ1n) is 5.29. The van der Waals surface area contributed by atoms with E-state index in [4.69, 9.17) is 5.26 Å². The maximum atomic E-state index is 11.5. The summed E-state index contributed by atoms with van der Waals surface area (Å²) in [7, 11) is 0. The maximum Gasteiger partial charge on any atom is 0.237 e. The molecular weight excluding hydrogens is 176 g/mol. The number of unbranched alkanes of at least 4 members (excludes halogenated alkanes) is 2. The van der Waals surface area contributed by atoms with Gasteiger partial charge in [-0.05, 0) is 20.3 Å². The monoisotopic (exact) mass is 196 g/mol. The largest absolute Gasteiger partial charge is 0.339 e. The van der Waals surface area contributed by atoms with Gasteiger partial charge in [-0.2, -0.15) is 5.26 Å². The summed E-state index contributed by atoms with van der Waals surface area (Å²) >= 11 is 0. The Morgan fingerprint density at radius 1 is 1.43 bits per heavy atom. The van der Waals surface area contributed by atoms with Gasteiger partial charge in [0.15, 0.2) is 0 Å². The minimum Gasteiger partial charge on any atom is -0.339 e. The van der Waals surface area contributed by atoms with Gasteiger partial charge in [0.25, 0.3) is 0 Å². The quantitative estimate of drug-likeness (QED) is 0.612. The third kappa shape index (κ3) is 4.86. The lowest BCUT2D eigenvalue weighted by Gasteiger charge is -2.25. The van der Waals surface area contributed by atoms with Crippen molar-refractivity contribution < 1.29 is 4.79 Å². The van der Waals surface area contributed by atoms with Gasteiger partial charge in [0, 0.05) is 12.6 Å². The van der Waals surface area contributed by atoms with Crippen LogP contribution < -0.4 is 0 Å². The number of carbonyl (C=O) groups is 1. The predicted molar refractivity (Wildman–Crippen MR) is 56.6 cm³/mol. The molecule has 80 valence electrons. The highest BCUT2D eigenvalue weighted by Crippen LogP contribution is 2.05. The number of hydrogen-bond donors (Lipinski definition) is 0. The fraction of sp³-hybridized carbons (Fsp3) is 0.818. The third-order valence-electron chi connectivity index (χ3n) is 2.18. The Balaban J connectivity index is 4.03. The lowest BCUT2D eigenvalue weighted by molar-refractivity contribution is -0.131. The molecule has 0 aromatic heterocycles. The van der Waals surface area contributed by atoms with Crippen LogP contribution in [0, 0.1) is 11.3 Å². The maximum absolute atomic E-state index is 11.5. The molecule has 1 amide bonds. The number of nitriles is 1. The van der Waals surface area contributed by atoms with E-state index in [1.54, 1.807) is 4.90 Å². The molecule has 0 radical (unpaired) electrons. The zero-order valence-corrected chi connectivity index (χ0v) is 9.42. The van der Waals surface area contributed by atoms with Gasteiger partial charge in [0.2, 0.25) is 5.91 Å². The minimum atomic E-state index is -0.0430. The molecule has 14 heavy (non-hydrogen) atoms. The average molecular weight is 196 g/mol. The third-order valence-corrected chi connectivity index (χ3v) is 2.18. The van der Waals surface area contributed by atoms with E-state index in [0.29, 0.717) is 0 Å². The van der Waals surface area contributed by atoms with Crippen molar-refractivity contribution in [3.63, 3.8) is 0 Å². The molecular formula is C11H20N2O. The van der Waals surface area contributed by atoms with Crippen LogP contribution in [0.2, 0.25) is 0 Å². The molecule has 3 heteroatoms. The van der Waals surface area contributed by atoms with Crippen LogP contribution in [0.4, 0.5) is 0 Å². The zero-order chi connectivity index (χ0) is 11.0. The van der Waals surface area contributed by atoms with Gasteiger partial charge in [0.1, 0.15) is 6.42 Å². The van der Waals surface area contributed by atoms with Gasteiger partial charge in [-0.1, -0.05) is 19.8 Å². The lowest BCUT2D eigenvalue weighted by Crippen LogP contribution is -2.37.